The van der Waals surface area contributed by atoms with E-state index in [2.05, 4.69) is 0 Å². The standard InChI is InChI=1S/C14H20N2O4/c1-10(2)20-14-7-11(6-12(8-14)16(18)19)15-5-3-4-13(17)9-15/h6-8,10,13,17H,3-5,9H2,1-2H3. The van der Waals surface area contributed by atoms with Gasteiger partial charge in [-0.05, 0) is 26.7 Å². The summed E-state index contributed by atoms with van der Waals surface area (Å²) in [7, 11) is 0. The fourth-order valence-corrected chi connectivity index (χ4v) is 2.39. The molecule has 1 saturated heterocycles. The Kier molecular flexibility index (Phi) is 4.44. The molecule has 0 saturated carbocycles. The average molecular weight is 280 g/mol. The molecule has 0 aromatic heterocycles. The van der Waals surface area contributed by atoms with Crippen molar-refractivity contribution in [3.8, 4) is 5.75 Å². The van der Waals surface area contributed by atoms with E-state index < -0.39 is 4.92 Å². The van der Waals surface area contributed by atoms with Crippen molar-refractivity contribution >= 4 is 11.4 Å². The van der Waals surface area contributed by atoms with Gasteiger partial charge in [0.2, 0.25) is 0 Å². The van der Waals surface area contributed by atoms with Crippen molar-refractivity contribution in [3.05, 3.63) is 28.3 Å². The molecule has 0 bridgehead atoms. The SMILES string of the molecule is CC(C)Oc1cc(N2CCCC(O)C2)cc([N+](=O)[O-])c1. The predicted molar refractivity (Wildman–Crippen MR) is 76.3 cm³/mol. The van der Waals surface area contributed by atoms with Gasteiger partial charge in [0.25, 0.3) is 5.69 Å². The molecule has 6 nitrogen and oxygen atoms in total. The van der Waals surface area contributed by atoms with Gasteiger partial charge in [0, 0.05) is 30.9 Å². The third-order valence-electron chi connectivity index (χ3n) is 3.22. The Morgan fingerprint density at radius 1 is 1.45 bits per heavy atom. The lowest BCUT2D eigenvalue weighted by molar-refractivity contribution is -0.384. The van der Waals surface area contributed by atoms with Crippen LogP contribution in [0.1, 0.15) is 26.7 Å². The highest BCUT2D eigenvalue weighted by molar-refractivity contribution is 5.58. The molecule has 1 unspecified atom stereocenters. The van der Waals surface area contributed by atoms with E-state index in [-0.39, 0.29) is 17.9 Å². The van der Waals surface area contributed by atoms with Crippen molar-refractivity contribution in [2.75, 3.05) is 18.0 Å². The number of rotatable bonds is 4. The molecule has 1 aromatic carbocycles. The van der Waals surface area contributed by atoms with Crippen molar-refractivity contribution in [2.24, 2.45) is 0 Å². The smallest absolute Gasteiger partial charge is 0.275 e. The van der Waals surface area contributed by atoms with Gasteiger partial charge in [0.1, 0.15) is 5.75 Å². The van der Waals surface area contributed by atoms with Crippen molar-refractivity contribution in [2.45, 2.75) is 38.9 Å². The molecule has 6 heteroatoms. The number of nitro benzene ring substituents is 1. The fraction of sp³-hybridized carbons (Fsp3) is 0.571. The first kappa shape index (κ1) is 14.6. The number of non-ortho nitro benzene ring substituents is 1. The quantitative estimate of drug-likeness (QED) is 0.676. The van der Waals surface area contributed by atoms with Gasteiger partial charge in [-0.1, -0.05) is 0 Å². The molecule has 110 valence electrons. The molecule has 1 N–H and O–H groups in total. The van der Waals surface area contributed by atoms with Crippen LogP contribution in [0, 0.1) is 10.1 Å². The molecule has 1 heterocycles. The minimum atomic E-state index is -0.420. The number of β-amino-alcohol motifs (C(OH)–C–C–N with tert-alkyl or cyclic N) is 1. The second-order valence-corrected chi connectivity index (χ2v) is 5.35. The molecule has 0 spiro atoms. The highest BCUT2D eigenvalue weighted by Gasteiger charge is 2.21. The summed E-state index contributed by atoms with van der Waals surface area (Å²) in [6.45, 7) is 5.05. The van der Waals surface area contributed by atoms with Gasteiger partial charge in [0.15, 0.2) is 0 Å². The summed E-state index contributed by atoms with van der Waals surface area (Å²) in [5, 5.41) is 20.7. The number of nitrogens with zero attached hydrogens (tertiary/aromatic N) is 2. The van der Waals surface area contributed by atoms with Crippen LogP contribution >= 0.6 is 0 Å². The summed E-state index contributed by atoms with van der Waals surface area (Å²) in [5.41, 5.74) is 0.742. The fourth-order valence-electron chi connectivity index (χ4n) is 2.39. The molecule has 20 heavy (non-hydrogen) atoms. The first-order valence-corrected chi connectivity index (χ1v) is 6.85. The molecule has 0 radical (unpaired) electrons. The van der Waals surface area contributed by atoms with Crippen LogP contribution in [0.25, 0.3) is 0 Å². The van der Waals surface area contributed by atoms with E-state index in [4.69, 9.17) is 4.74 Å². The van der Waals surface area contributed by atoms with Gasteiger partial charge >= 0.3 is 0 Å². The van der Waals surface area contributed by atoms with E-state index in [1.165, 1.54) is 12.1 Å². The predicted octanol–water partition coefficient (Wildman–Crippen LogP) is 2.34. The number of piperidine rings is 1. The number of aliphatic hydroxyl groups excluding tert-OH is 1. The Morgan fingerprint density at radius 3 is 2.80 bits per heavy atom. The maximum atomic E-state index is 11.0. The summed E-state index contributed by atoms with van der Waals surface area (Å²) in [4.78, 5) is 12.6. The molecule has 1 fully saturated rings. The number of aliphatic hydroxyl groups is 1. The largest absolute Gasteiger partial charge is 0.491 e. The van der Waals surface area contributed by atoms with E-state index in [9.17, 15) is 15.2 Å². The number of nitro groups is 1. The lowest BCUT2D eigenvalue weighted by Gasteiger charge is -2.32. The minimum Gasteiger partial charge on any atom is -0.491 e. The van der Waals surface area contributed by atoms with Gasteiger partial charge in [-0.3, -0.25) is 10.1 Å². The molecule has 1 aromatic rings. The van der Waals surface area contributed by atoms with E-state index in [0.29, 0.717) is 12.3 Å². The second-order valence-electron chi connectivity index (χ2n) is 5.35. The highest BCUT2D eigenvalue weighted by atomic mass is 16.6. The van der Waals surface area contributed by atoms with Gasteiger partial charge in [-0.15, -0.1) is 0 Å². The Morgan fingerprint density at radius 2 is 2.20 bits per heavy atom. The van der Waals surface area contributed by atoms with Crippen LogP contribution in [0.3, 0.4) is 0 Å². The van der Waals surface area contributed by atoms with Crippen LogP contribution in [0.5, 0.6) is 5.75 Å². The summed E-state index contributed by atoms with van der Waals surface area (Å²) >= 11 is 0. The summed E-state index contributed by atoms with van der Waals surface area (Å²) in [6, 6.07) is 4.76. The number of hydrogen-bond donors (Lipinski definition) is 1. The first-order chi connectivity index (χ1) is 9.45. The molecule has 1 aliphatic rings. The lowest BCUT2D eigenvalue weighted by Crippen LogP contribution is -2.38. The van der Waals surface area contributed by atoms with Crippen LogP contribution in [-0.2, 0) is 0 Å². The van der Waals surface area contributed by atoms with Crippen LogP contribution in [0.15, 0.2) is 18.2 Å². The second kappa shape index (κ2) is 6.09. The summed E-state index contributed by atoms with van der Waals surface area (Å²) in [6.07, 6.45) is 1.24. The topological polar surface area (TPSA) is 75.8 Å². The van der Waals surface area contributed by atoms with Crippen molar-refractivity contribution in [1.82, 2.24) is 0 Å². The van der Waals surface area contributed by atoms with Crippen molar-refractivity contribution in [1.29, 1.82) is 0 Å². The molecule has 0 amide bonds. The normalized spacial score (nSPS) is 19.2. The van der Waals surface area contributed by atoms with Gasteiger partial charge in [-0.25, -0.2) is 0 Å². The average Bonchev–Trinajstić information content (AvgIpc) is 2.37. The monoisotopic (exact) mass is 280 g/mol. The third kappa shape index (κ3) is 3.60. The van der Waals surface area contributed by atoms with E-state index >= 15 is 0 Å². The summed E-state index contributed by atoms with van der Waals surface area (Å²) in [5.74, 6) is 0.490. The molecular weight excluding hydrogens is 260 g/mol. The zero-order chi connectivity index (χ0) is 14.7. The molecule has 1 aliphatic heterocycles. The van der Waals surface area contributed by atoms with E-state index in [0.717, 1.165) is 25.1 Å². The van der Waals surface area contributed by atoms with Crippen LogP contribution in [-0.4, -0.2) is 35.3 Å². The zero-order valence-electron chi connectivity index (χ0n) is 11.8. The van der Waals surface area contributed by atoms with Gasteiger partial charge in [-0.2, -0.15) is 0 Å². The van der Waals surface area contributed by atoms with Gasteiger partial charge < -0.3 is 14.7 Å². The number of benzene rings is 1. The van der Waals surface area contributed by atoms with Crippen molar-refractivity contribution in [3.63, 3.8) is 0 Å². The highest BCUT2D eigenvalue weighted by Crippen LogP contribution is 2.30. The van der Waals surface area contributed by atoms with Crippen LogP contribution < -0.4 is 9.64 Å². The van der Waals surface area contributed by atoms with E-state index in [1.54, 1.807) is 6.07 Å². The zero-order valence-corrected chi connectivity index (χ0v) is 11.8. The van der Waals surface area contributed by atoms with E-state index in [1.807, 2.05) is 18.7 Å². The Balaban J connectivity index is 2.30. The Bertz CT molecular complexity index is 490. The first-order valence-electron chi connectivity index (χ1n) is 6.85. The maximum absolute atomic E-state index is 11.0. The maximum Gasteiger partial charge on any atom is 0.275 e. The molecule has 1 atom stereocenters. The van der Waals surface area contributed by atoms with Crippen LogP contribution in [0.4, 0.5) is 11.4 Å². The van der Waals surface area contributed by atoms with Crippen LogP contribution in [0.2, 0.25) is 0 Å². The van der Waals surface area contributed by atoms with Crippen molar-refractivity contribution < 1.29 is 14.8 Å². The number of ether oxygens (including phenoxy) is 1. The number of hydrogen-bond acceptors (Lipinski definition) is 5. The van der Waals surface area contributed by atoms with Gasteiger partial charge in [0.05, 0.1) is 23.2 Å². The summed E-state index contributed by atoms with van der Waals surface area (Å²) < 4.78 is 5.57. The lowest BCUT2D eigenvalue weighted by atomic mass is 10.1. The minimum absolute atomic E-state index is 0.0122. The number of anilines is 1. The molecule has 0 aliphatic carbocycles. The third-order valence-corrected chi connectivity index (χ3v) is 3.22. The Hall–Kier alpha value is -1.82. The molecule has 2 rings (SSSR count). The molecular formula is C14H20N2O4. The Labute approximate surface area is 118 Å².